The molecule has 2 unspecified atom stereocenters. The standard InChI is InChI=1S/C26H32ClN5O5S2/c1-4-16(12-37-39(28,35)36)22(33)11-30-26-21(10-29-13-31-26)25(34)23-9-19(15(3)38-23)24-20-8-18(27)6-5-17(20)7-14(2)32-24/h5-6,8-10,13-14,16,22,24,32-33H,4,7,11-12H2,1-3H3,(H2,28,35,36)(H,29,30,31)/t14?,16-,22+,24?/m1/s1. The van der Waals surface area contributed by atoms with E-state index in [0.717, 1.165) is 22.4 Å². The number of thiophene rings is 1. The Labute approximate surface area is 237 Å². The predicted molar refractivity (Wildman–Crippen MR) is 151 cm³/mol. The molecular formula is C26H32ClN5O5S2. The quantitative estimate of drug-likeness (QED) is 0.245. The second-order valence-corrected chi connectivity index (χ2v) is 12.6. The molecule has 5 N–H and O–H groups in total. The largest absolute Gasteiger partial charge is 0.391 e. The van der Waals surface area contributed by atoms with Gasteiger partial charge in [-0.25, -0.2) is 15.1 Å². The number of aliphatic hydroxyl groups is 1. The fraction of sp³-hybridized carbons (Fsp3) is 0.423. The summed E-state index contributed by atoms with van der Waals surface area (Å²) in [6, 6.07) is 8.02. The number of ketones is 1. The smallest absolute Gasteiger partial charge is 0.333 e. The first kappa shape index (κ1) is 29.5. The van der Waals surface area contributed by atoms with Crippen molar-refractivity contribution in [1.29, 1.82) is 0 Å². The molecule has 4 atom stereocenters. The number of halogens is 1. The summed E-state index contributed by atoms with van der Waals surface area (Å²) in [5, 5.41) is 22.8. The van der Waals surface area contributed by atoms with Crippen LogP contribution in [-0.4, -0.2) is 54.6 Å². The van der Waals surface area contributed by atoms with Gasteiger partial charge in [-0.2, -0.15) is 8.42 Å². The molecule has 1 aliphatic heterocycles. The maximum Gasteiger partial charge on any atom is 0.333 e. The van der Waals surface area contributed by atoms with Crippen LogP contribution in [0.1, 0.15) is 63.1 Å². The van der Waals surface area contributed by atoms with Crippen LogP contribution in [0.3, 0.4) is 0 Å². The van der Waals surface area contributed by atoms with Crippen LogP contribution in [0, 0.1) is 12.8 Å². The fourth-order valence-corrected chi connectivity index (χ4v) is 6.31. The summed E-state index contributed by atoms with van der Waals surface area (Å²) in [6.07, 6.45) is 3.12. The number of carbonyl (C=O) groups excluding carboxylic acids is 1. The molecule has 210 valence electrons. The molecule has 0 spiro atoms. The maximum absolute atomic E-state index is 13.6. The third-order valence-electron chi connectivity index (χ3n) is 6.84. The molecule has 0 saturated carbocycles. The SMILES string of the molecule is CC[C@H](COS(N)(=O)=O)[C@@H](O)CNc1ncncc1C(=O)c1cc(C2NC(C)Cc3ccc(Cl)cc32)c(C)s1. The number of nitrogens with one attached hydrogen (secondary N) is 2. The summed E-state index contributed by atoms with van der Waals surface area (Å²) in [4.78, 5) is 23.4. The molecule has 0 saturated heterocycles. The summed E-state index contributed by atoms with van der Waals surface area (Å²) >= 11 is 7.72. The number of rotatable bonds is 11. The summed E-state index contributed by atoms with van der Waals surface area (Å²) in [5.74, 6) is -0.474. The van der Waals surface area contributed by atoms with Gasteiger partial charge in [0, 0.05) is 34.6 Å². The van der Waals surface area contributed by atoms with E-state index in [4.69, 9.17) is 16.7 Å². The molecule has 39 heavy (non-hydrogen) atoms. The molecule has 3 heterocycles. The zero-order chi connectivity index (χ0) is 28.3. The molecule has 0 fully saturated rings. The maximum atomic E-state index is 13.6. The van der Waals surface area contributed by atoms with Crippen molar-refractivity contribution in [2.45, 2.75) is 51.8 Å². The first-order valence-electron chi connectivity index (χ1n) is 12.5. The summed E-state index contributed by atoms with van der Waals surface area (Å²) in [5.41, 5.74) is 3.62. The van der Waals surface area contributed by atoms with Crippen molar-refractivity contribution in [2.75, 3.05) is 18.5 Å². The van der Waals surface area contributed by atoms with E-state index in [1.807, 2.05) is 25.1 Å². The third kappa shape index (κ3) is 7.20. The first-order valence-corrected chi connectivity index (χ1v) is 15.2. The van der Waals surface area contributed by atoms with Gasteiger partial charge < -0.3 is 15.7 Å². The number of nitrogens with zero attached hydrogens (tertiary/aromatic N) is 2. The highest BCUT2D eigenvalue weighted by Gasteiger charge is 2.29. The average molecular weight is 594 g/mol. The van der Waals surface area contributed by atoms with E-state index in [0.29, 0.717) is 16.3 Å². The number of hydrogen-bond donors (Lipinski definition) is 4. The van der Waals surface area contributed by atoms with Crippen LogP contribution in [0.5, 0.6) is 0 Å². The molecule has 1 aliphatic rings. The van der Waals surface area contributed by atoms with E-state index in [2.05, 4.69) is 37.8 Å². The highest BCUT2D eigenvalue weighted by atomic mass is 35.5. The molecule has 4 rings (SSSR count). The summed E-state index contributed by atoms with van der Waals surface area (Å²) in [6.45, 7) is 5.68. The molecule has 0 amide bonds. The number of fused-ring (bicyclic) bond motifs is 1. The number of hydrogen-bond acceptors (Lipinski definition) is 10. The van der Waals surface area contributed by atoms with E-state index < -0.39 is 22.3 Å². The molecule has 0 aliphatic carbocycles. The predicted octanol–water partition coefficient (Wildman–Crippen LogP) is 3.37. The lowest BCUT2D eigenvalue weighted by Crippen LogP contribution is -2.38. The fourth-order valence-electron chi connectivity index (χ4n) is 4.76. The van der Waals surface area contributed by atoms with Gasteiger partial charge in [0.25, 0.3) is 0 Å². The minimum atomic E-state index is -4.12. The Hall–Kier alpha value is -2.45. The van der Waals surface area contributed by atoms with E-state index in [-0.39, 0.29) is 42.4 Å². The van der Waals surface area contributed by atoms with Crippen molar-refractivity contribution in [3.8, 4) is 0 Å². The van der Waals surface area contributed by atoms with Gasteiger partial charge in [-0.3, -0.25) is 8.98 Å². The topological polar surface area (TPSA) is 157 Å². The van der Waals surface area contributed by atoms with E-state index in [9.17, 15) is 18.3 Å². The highest BCUT2D eigenvalue weighted by molar-refractivity contribution is 7.84. The van der Waals surface area contributed by atoms with E-state index in [1.165, 1.54) is 29.4 Å². The van der Waals surface area contributed by atoms with Gasteiger partial charge in [0.1, 0.15) is 12.1 Å². The molecule has 10 nitrogen and oxygen atoms in total. The Morgan fingerprint density at radius 1 is 1.36 bits per heavy atom. The van der Waals surface area contributed by atoms with Crippen molar-refractivity contribution in [3.05, 3.63) is 73.8 Å². The van der Waals surface area contributed by atoms with Crippen LogP contribution in [0.2, 0.25) is 5.02 Å². The number of carbonyl (C=O) groups is 1. The zero-order valence-corrected chi connectivity index (χ0v) is 24.2. The van der Waals surface area contributed by atoms with Crippen LogP contribution in [-0.2, 0) is 20.9 Å². The van der Waals surface area contributed by atoms with Gasteiger partial charge >= 0.3 is 10.3 Å². The number of benzene rings is 1. The second kappa shape index (κ2) is 12.4. The molecule has 0 bridgehead atoms. The van der Waals surface area contributed by atoms with Crippen molar-refractivity contribution in [1.82, 2.24) is 15.3 Å². The highest BCUT2D eigenvalue weighted by Crippen LogP contribution is 2.37. The number of aryl methyl sites for hydroxylation is 1. The first-order chi connectivity index (χ1) is 18.5. The Bertz CT molecular complexity index is 1450. The minimum Gasteiger partial charge on any atom is -0.391 e. The summed E-state index contributed by atoms with van der Waals surface area (Å²) < 4.78 is 26.9. The monoisotopic (exact) mass is 593 g/mol. The molecule has 13 heteroatoms. The van der Waals surface area contributed by atoms with E-state index >= 15 is 0 Å². The third-order valence-corrected chi connectivity index (χ3v) is 8.60. The van der Waals surface area contributed by atoms with Gasteiger partial charge in [0.15, 0.2) is 0 Å². The van der Waals surface area contributed by atoms with Gasteiger partial charge in [0.2, 0.25) is 5.78 Å². The van der Waals surface area contributed by atoms with Gasteiger partial charge in [0.05, 0.1) is 29.2 Å². The summed E-state index contributed by atoms with van der Waals surface area (Å²) in [7, 11) is -4.12. The lowest BCUT2D eigenvalue weighted by atomic mass is 9.87. The number of nitrogens with two attached hydrogens (primary N) is 1. The van der Waals surface area contributed by atoms with Crippen LogP contribution in [0.15, 0.2) is 36.8 Å². The number of anilines is 1. The molecule has 2 aromatic heterocycles. The second-order valence-electron chi connectivity index (χ2n) is 9.68. The lowest BCUT2D eigenvalue weighted by molar-refractivity contribution is 0.0839. The average Bonchev–Trinajstić information content (AvgIpc) is 3.28. The Morgan fingerprint density at radius 2 is 2.13 bits per heavy atom. The van der Waals surface area contributed by atoms with Gasteiger partial charge in [-0.05, 0) is 61.6 Å². The van der Waals surface area contributed by atoms with Gasteiger partial charge in [-0.1, -0.05) is 24.6 Å². The molecule has 1 aromatic carbocycles. The zero-order valence-electron chi connectivity index (χ0n) is 21.8. The van der Waals surface area contributed by atoms with Crippen LogP contribution >= 0.6 is 22.9 Å². The lowest BCUT2D eigenvalue weighted by Gasteiger charge is -2.32. The Morgan fingerprint density at radius 3 is 2.85 bits per heavy atom. The van der Waals surface area contributed by atoms with Gasteiger partial charge in [-0.15, -0.1) is 11.3 Å². The van der Waals surface area contributed by atoms with Crippen molar-refractivity contribution in [3.63, 3.8) is 0 Å². The molecular weight excluding hydrogens is 562 g/mol. The molecule has 0 radical (unpaired) electrons. The Kier molecular flexibility index (Phi) is 9.37. The van der Waals surface area contributed by atoms with Crippen molar-refractivity contribution < 1.29 is 22.5 Å². The minimum absolute atomic E-state index is 0.0138. The van der Waals surface area contributed by atoms with Crippen LogP contribution < -0.4 is 15.8 Å². The number of aliphatic hydroxyl groups excluding tert-OH is 1. The van der Waals surface area contributed by atoms with Crippen LogP contribution in [0.4, 0.5) is 5.82 Å². The van der Waals surface area contributed by atoms with E-state index in [1.54, 1.807) is 6.92 Å². The normalized spacial score (nSPS) is 18.8. The van der Waals surface area contributed by atoms with Crippen molar-refractivity contribution in [2.24, 2.45) is 11.1 Å². The number of aromatic nitrogens is 2. The van der Waals surface area contributed by atoms with Crippen molar-refractivity contribution >= 4 is 44.8 Å². The Balaban J connectivity index is 1.54. The molecule has 3 aromatic rings. The van der Waals surface area contributed by atoms with Crippen LogP contribution in [0.25, 0.3) is 0 Å².